The number of hydrogen-bond donors (Lipinski definition) is 2. The van der Waals surface area contributed by atoms with Gasteiger partial charge in [-0.3, -0.25) is 9.79 Å². The van der Waals surface area contributed by atoms with Crippen LogP contribution >= 0.6 is 0 Å². The molecule has 0 saturated heterocycles. The number of carbonyl (C=O) groups is 1. The second-order valence-corrected chi connectivity index (χ2v) is 5.63. The van der Waals surface area contributed by atoms with E-state index in [1.54, 1.807) is 12.5 Å². The number of Topliss-reactive ketones (excluding diaryl/α,β-unsaturated/α-hetero) is 1. The number of H-pyrrole nitrogens is 1. The summed E-state index contributed by atoms with van der Waals surface area (Å²) < 4.78 is 5.85. The molecule has 6 heteroatoms. The first-order valence-corrected chi connectivity index (χ1v) is 7.30. The third-order valence-electron chi connectivity index (χ3n) is 4.22. The van der Waals surface area contributed by atoms with Gasteiger partial charge in [0, 0.05) is 5.56 Å². The number of benzene rings is 1. The lowest BCUT2D eigenvalue weighted by molar-refractivity contribution is 0.0798. The summed E-state index contributed by atoms with van der Waals surface area (Å²) in [7, 11) is 0. The number of ketones is 1. The molecule has 3 heterocycles. The van der Waals surface area contributed by atoms with Gasteiger partial charge in [-0.15, -0.1) is 0 Å². The highest BCUT2D eigenvalue weighted by Gasteiger charge is 2.36. The van der Waals surface area contributed by atoms with Gasteiger partial charge in [0.2, 0.25) is 0 Å². The molecule has 2 aromatic rings. The van der Waals surface area contributed by atoms with Crippen LogP contribution in [0.5, 0.6) is 5.75 Å². The molecule has 6 nitrogen and oxygen atoms in total. The van der Waals surface area contributed by atoms with Crippen LogP contribution in [0.2, 0.25) is 0 Å². The number of imidazole rings is 1. The van der Waals surface area contributed by atoms with Crippen molar-refractivity contribution in [2.75, 3.05) is 13.2 Å². The van der Waals surface area contributed by atoms with Gasteiger partial charge in [-0.25, -0.2) is 4.98 Å². The Morgan fingerprint density at radius 2 is 2.27 bits per heavy atom. The number of nitrogens with one attached hydrogen (secondary N) is 2. The topological polar surface area (TPSA) is 79.4 Å². The van der Waals surface area contributed by atoms with Crippen molar-refractivity contribution in [3.8, 4) is 17.0 Å². The first-order valence-electron chi connectivity index (χ1n) is 7.30. The quantitative estimate of drug-likeness (QED) is 0.883. The molecule has 2 unspecified atom stereocenters. The molecule has 0 spiro atoms. The van der Waals surface area contributed by atoms with Crippen LogP contribution in [-0.2, 0) is 0 Å². The largest absolute Gasteiger partial charge is 0.492 e. The summed E-state index contributed by atoms with van der Waals surface area (Å²) in [5.41, 5.74) is 2.51. The summed E-state index contributed by atoms with van der Waals surface area (Å²) in [6.07, 6.45) is 3.38. The third kappa shape index (κ3) is 2.07. The van der Waals surface area contributed by atoms with Crippen LogP contribution in [0.25, 0.3) is 11.3 Å². The number of ether oxygens (including phenoxy) is 1. The molecule has 2 aliphatic heterocycles. The summed E-state index contributed by atoms with van der Waals surface area (Å²) in [4.78, 5) is 24.1. The molecule has 2 N–H and O–H groups in total. The zero-order valence-electron chi connectivity index (χ0n) is 12.2. The van der Waals surface area contributed by atoms with Gasteiger partial charge in [0.1, 0.15) is 12.4 Å². The van der Waals surface area contributed by atoms with Gasteiger partial charge in [-0.2, -0.15) is 0 Å². The predicted octanol–water partition coefficient (Wildman–Crippen LogP) is 1.66. The summed E-state index contributed by atoms with van der Waals surface area (Å²) in [5.74, 6) is 1.47. The summed E-state index contributed by atoms with van der Waals surface area (Å²) in [6.45, 7) is 2.94. The highest BCUT2D eigenvalue weighted by atomic mass is 16.5. The molecule has 0 saturated carbocycles. The molecule has 0 bridgehead atoms. The molecule has 112 valence electrons. The SMILES string of the molecule is CC1=NCC(C2COc3cc(-c4cnc[nH]4)ccc3C2=O)N1. The van der Waals surface area contributed by atoms with Gasteiger partial charge in [-0.05, 0) is 19.1 Å². The number of hydrogen-bond acceptors (Lipinski definition) is 5. The zero-order chi connectivity index (χ0) is 15.1. The fraction of sp³-hybridized carbons (Fsp3) is 0.312. The van der Waals surface area contributed by atoms with Crippen LogP contribution in [-0.4, -0.2) is 40.8 Å². The lowest BCUT2D eigenvalue weighted by Gasteiger charge is -2.28. The number of carbonyl (C=O) groups excluding carboxylic acids is 1. The number of nitrogens with zero attached hydrogens (tertiary/aromatic N) is 2. The van der Waals surface area contributed by atoms with E-state index >= 15 is 0 Å². The predicted molar refractivity (Wildman–Crippen MR) is 82.2 cm³/mol. The number of aromatic nitrogens is 2. The Morgan fingerprint density at radius 3 is 3.00 bits per heavy atom. The highest BCUT2D eigenvalue weighted by Crippen LogP contribution is 2.33. The number of amidine groups is 1. The maximum Gasteiger partial charge on any atom is 0.175 e. The second kappa shape index (κ2) is 4.98. The molecule has 4 rings (SSSR count). The Balaban J connectivity index is 1.62. The molecule has 1 aromatic heterocycles. The Labute approximate surface area is 127 Å². The van der Waals surface area contributed by atoms with E-state index in [9.17, 15) is 4.79 Å². The van der Waals surface area contributed by atoms with Crippen molar-refractivity contribution in [2.45, 2.75) is 13.0 Å². The van der Waals surface area contributed by atoms with Crippen LogP contribution in [0.3, 0.4) is 0 Å². The molecule has 2 aliphatic rings. The van der Waals surface area contributed by atoms with Crippen molar-refractivity contribution in [2.24, 2.45) is 10.9 Å². The van der Waals surface area contributed by atoms with Crippen molar-refractivity contribution >= 4 is 11.6 Å². The number of aliphatic imine (C=N–C) groups is 1. The van der Waals surface area contributed by atoms with E-state index < -0.39 is 0 Å². The molecule has 0 amide bonds. The van der Waals surface area contributed by atoms with E-state index in [2.05, 4.69) is 20.3 Å². The number of aromatic amines is 1. The van der Waals surface area contributed by atoms with E-state index in [-0.39, 0.29) is 17.7 Å². The fourth-order valence-corrected chi connectivity index (χ4v) is 3.00. The van der Waals surface area contributed by atoms with Crippen molar-refractivity contribution in [3.05, 3.63) is 36.3 Å². The summed E-state index contributed by atoms with van der Waals surface area (Å²) >= 11 is 0. The van der Waals surface area contributed by atoms with E-state index in [0.717, 1.165) is 17.1 Å². The first kappa shape index (κ1) is 13.1. The minimum Gasteiger partial charge on any atom is -0.492 e. The molecule has 0 aliphatic carbocycles. The minimum atomic E-state index is -0.188. The smallest absolute Gasteiger partial charge is 0.175 e. The van der Waals surface area contributed by atoms with Crippen LogP contribution in [0.4, 0.5) is 0 Å². The number of fused-ring (bicyclic) bond motifs is 1. The van der Waals surface area contributed by atoms with Crippen LogP contribution in [0.15, 0.2) is 35.7 Å². The molecular weight excluding hydrogens is 280 g/mol. The second-order valence-electron chi connectivity index (χ2n) is 5.63. The average Bonchev–Trinajstić information content (AvgIpc) is 3.19. The Morgan fingerprint density at radius 1 is 1.36 bits per heavy atom. The highest BCUT2D eigenvalue weighted by molar-refractivity contribution is 6.02. The van der Waals surface area contributed by atoms with E-state index in [4.69, 9.17) is 4.74 Å². The maximum atomic E-state index is 12.7. The monoisotopic (exact) mass is 296 g/mol. The van der Waals surface area contributed by atoms with Crippen molar-refractivity contribution in [1.29, 1.82) is 0 Å². The third-order valence-corrected chi connectivity index (χ3v) is 4.22. The summed E-state index contributed by atoms with van der Waals surface area (Å²) in [6, 6.07) is 5.68. The normalized spacial score (nSPS) is 23.5. The Bertz CT molecular complexity index is 752. The lowest BCUT2D eigenvalue weighted by atomic mass is 9.88. The Kier molecular flexibility index (Phi) is 2.96. The molecule has 0 fully saturated rings. The standard InChI is InChI=1S/C16H16N4O2/c1-9-18-6-14(20-9)12-7-22-15-4-10(13-5-17-8-19-13)2-3-11(15)16(12)21/h2-5,8,12,14H,6-7H2,1H3,(H,17,19)(H,18,20). The van der Waals surface area contributed by atoms with Gasteiger partial charge in [0.05, 0.1) is 48.1 Å². The van der Waals surface area contributed by atoms with Gasteiger partial charge in [-0.1, -0.05) is 6.07 Å². The molecule has 22 heavy (non-hydrogen) atoms. The van der Waals surface area contributed by atoms with Crippen LogP contribution in [0.1, 0.15) is 17.3 Å². The molecule has 0 radical (unpaired) electrons. The van der Waals surface area contributed by atoms with E-state index in [1.807, 2.05) is 25.1 Å². The first-order chi connectivity index (χ1) is 10.7. The Hall–Kier alpha value is -2.63. The van der Waals surface area contributed by atoms with Crippen molar-refractivity contribution in [1.82, 2.24) is 15.3 Å². The molecule has 2 atom stereocenters. The van der Waals surface area contributed by atoms with Crippen molar-refractivity contribution in [3.63, 3.8) is 0 Å². The van der Waals surface area contributed by atoms with Crippen molar-refractivity contribution < 1.29 is 9.53 Å². The van der Waals surface area contributed by atoms with Crippen LogP contribution < -0.4 is 10.1 Å². The zero-order valence-corrected chi connectivity index (χ0v) is 12.2. The minimum absolute atomic E-state index is 0.0351. The molecular formula is C16H16N4O2. The summed E-state index contributed by atoms with van der Waals surface area (Å²) in [5, 5.41) is 3.25. The van der Waals surface area contributed by atoms with Gasteiger partial charge >= 0.3 is 0 Å². The number of rotatable bonds is 2. The van der Waals surface area contributed by atoms with Gasteiger partial charge in [0.25, 0.3) is 0 Å². The van der Waals surface area contributed by atoms with Gasteiger partial charge < -0.3 is 15.0 Å². The van der Waals surface area contributed by atoms with E-state index in [1.165, 1.54) is 0 Å². The van der Waals surface area contributed by atoms with Crippen LogP contribution in [0, 0.1) is 5.92 Å². The molecule has 1 aromatic carbocycles. The lowest BCUT2D eigenvalue weighted by Crippen LogP contribution is -2.45. The fourth-order valence-electron chi connectivity index (χ4n) is 3.00. The van der Waals surface area contributed by atoms with E-state index in [0.29, 0.717) is 24.5 Å². The average molecular weight is 296 g/mol. The van der Waals surface area contributed by atoms with Gasteiger partial charge in [0.15, 0.2) is 5.78 Å². The maximum absolute atomic E-state index is 12.7.